The lowest BCUT2D eigenvalue weighted by Gasteiger charge is -2.23. The van der Waals surface area contributed by atoms with Crippen LogP contribution in [-0.4, -0.2) is 11.9 Å². The second-order valence-electron chi connectivity index (χ2n) is 5.40. The molecule has 0 saturated heterocycles. The van der Waals surface area contributed by atoms with E-state index in [9.17, 15) is 10.1 Å². The summed E-state index contributed by atoms with van der Waals surface area (Å²) in [4.78, 5) is 12.2. The minimum absolute atomic E-state index is 0.00810. The molecule has 0 aliphatic heterocycles. The monoisotopic (exact) mass is 220 g/mol. The van der Waals surface area contributed by atoms with Crippen molar-refractivity contribution in [2.45, 2.75) is 57.9 Å². The van der Waals surface area contributed by atoms with Crippen LogP contribution in [0.25, 0.3) is 0 Å². The van der Waals surface area contributed by atoms with Crippen molar-refractivity contribution in [2.75, 3.05) is 0 Å². The lowest BCUT2D eigenvalue weighted by Crippen LogP contribution is -2.41. The molecule has 88 valence electrons. The topological polar surface area (TPSA) is 52.9 Å². The van der Waals surface area contributed by atoms with Crippen molar-refractivity contribution in [1.82, 2.24) is 5.32 Å². The number of carbonyl (C=O) groups is 1. The molecule has 2 fully saturated rings. The standard InChI is InChI=1S/C13H20N2O/c1-10-8-11(10)15-12(16)13(9-14)6-4-2-3-5-7-13/h10-11H,2-8H2,1H3,(H,15,16). The summed E-state index contributed by atoms with van der Waals surface area (Å²) in [7, 11) is 0. The van der Waals surface area contributed by atoms with Crippen molar-refractivity contribution in [3.05, 3.63) is 0 Å². The molecule has 2 atom stereocenters. The summed E-state index contributed by atoms with van der Waals surface area (Å²) in [6, 6.07) is 2.63. The number of amides is 1. The van der Waals surface area contributed by atoms with Gasteiger partial charge in [-0.1, -0.05) is 32.6 Å². The zero-order valence-electron chi connectivity index (χ0n) is 9.96. The van der Waals surface area contributed by atoms with Gasteiger partial charge in [-0.3, -0.25) is 4.79 Å². The Morgan fingerprint density at radius 2 is 1.88 bits per heavy atom. The molecule has 2 aliphatic rings. The van der Waals surface area contributed by atoms with Gasteiger partial charge in [0.25, 0.3) is 0 Å². The first-order chi connectivity index (χ1) is 7.68. The molecule has 0 aromatic rings. The average Bonchev–Trinajstić information content (AvgIpc) is 3.01. The van der Waals surface area contributed by atoms with Crippen LogP contribution < -0.4 is 5.32 Å². The van der Waals surface area contributed by atoms with Crippen molar-refractivity contribution in [3.63, 3.8) is 0 Å². The van der Waals surface area contributed by atoms with E-state index in [1.165, 1.54) is 0 Å². The van der Waals surface area contributed by atoms with Gasteiger partial charge in [0.2, 0.25) is 5.91 Å². The molecule has 1 N–H and O–H groups in total. The third-order valence-corrected chi connectivity index (χ3v) is 4.03. The summed E-state index contributed by atoms with van der Waals surface area (Å²) in [5.74, 6) is 0.594. The SMILES string of the molecule is CC1CC1NC(=O)C1(C#N)CCCCCC1. The minimum Gasteiger partial charge on any atom is -0.352 e. The number of nitriles is 1. The molecule has 0 aromatic carbocycles. The zero-order chi connectivity index (χ0) is 11.6. The van der Waals surface area contributed by atoms with Gasteiger partial charge >= 0.3 is 0 Å². The van der Waals surface area contributed by atoms with Gasteiger partial charge in [0.05, 0.1) is 6.07 Å². The van der Waals surface area contributed by atoms with Crippen LogP contribution in [0.2, 0.25) is 0 Å². The molecule has 2 rings (SSSR count). The van der Waals surface area contributed by atoms with Crippen LogP contribution in [0, 0.1) is 22.7 Å². The van der Waals surface area contributed by atoms with Crippen LogP contribution >= 0.6 is 0 Å². The summed E-state index contributed by atoms with van der Waals surface area (Å²) < 4.78 is 0. The van der Waals surface area contributed by atoms with Gasteiger partial charge in [-0.05, 0) is 25.2 Å². The van der Waals surface area contributed by atoms with Gasteiger partial charge in [0.1, 0.15) is 5.41 Å². The van der Waals surface area contributed by atoms with E-state index in [1.54, 1.807) is 0 Å². The van der Waals surface area contributed by atoms with Crippen LogP contribution in [0.5, 0.6) is 0 Å². The predicted octanol–water partition coefficient (Wildman–Crippen LogP) is 2.38. The largest absolute Gasteiger partial charge is 0.352 e. The Morgan fingerprint density at radius 1 is 1.31 bits per heavy atom. The van der Waals surface area contributed by atoms with Crippen LogP contribution in [0.1, 0.15) is 51.9 Å². The maximum Gasteiger partial charge on any atom is 0.240 e. The fourth-order valence-corrected chi connectivity index (χ4v) is 2.55. The Morgan fingerprint density at radius 3 is 2.31 bits per heavy atom. The Kier molecular flexibility index (Phi) is 3.18. The lowest BCUT2D eigenvalue weighted by atomic mass is 9.81. The molecule has 16 heavy (non-hydrogen) atoms. The van der Waals surface area contributed by atoms with Crippen molar-refractivity contribution in [3.8, 4) is 6.07 Å². The molecule has 0 radical (unpaired) electrons. The van der Waals surface area contributed by atoms with E-state index in [2.05, 4.69) is 18.3 Å². The first-order valence-electron chi connectivity index (χ1n) is 6.40. The van der Waals surface area contributed by atoms with Crippen molar-refractivity contribution < 1.29 is 4.79 Å². The number of hydrogen-bond donors (Lipinski definition) is 1. The van der Waals surface area contributed by atoms with Crippen LogP contribution in [0.3, 0.4) is 0 Å². The fourth-order valence-electron chi connectivity index (χ4n) is 2.55. The molecule has 3 nitrogen and oxygen atoms in total. The highest BCUT2D eigenvalue weighted by atomic mass is 16.2. The number of nitrogens with zero attached hydrogens (tertiary/aromatic N) is 1. The van der Waals surface area contributed by atoms with E-state index in [1.807, 2.05) is 0 Å². The highest BCUT2D eigenvalue weighted by Gasteiger charge is 2.43. The second-order valence-corrected chi connectivity index (χ2v) is 5.40. The fraction of sp³-hybridized carbons (Fsp3) is 0.846. The first kappa shape index (κ1) is 11.4. The number of carbonyl (C=O) groups excluding carboxylic acids is 1. The summed E-state index contributed by atoms with van der Waals surface area (Å²) in [6.45, 7) is 2.14. The van der Waals surface area contributed by atoms with Gasteiger partial charge in [0.15, 0.2) is 0 Å². The number of rotatable bonds is 2. The summed E-state index contributed by atoms with van der Waals surface area (Å²) in [6.07, 6.45) is 6.93. The zero-order valence-corrected chi connectivity index (χ0v) is 9.96. The smallest absolute Gasteiger partial charge is 0.240 e. The molecule has 0 aromatic heterocycles. The Bertz CT molecular complexity index is 310. The third-order valence-electron chi connectivity index (χ3n) is 4.03. The molecule has 2 unspecified atom stereocenters. The first-order valence-corrected chi connectivity index (χ1v) is 6.40. The molecule has 0 heterocycles. The van der Waals surface area contributed by atoms with Gasteiger partial charge in [-0.15, -0.1) is 0 Å². The highest BCUT2D eigenvalue weighted by molar-refractivity contribution is 5.86. The summed E-state index contributed by atoms with van der Waals surface area (Å²) in [5, 5.41) is 12.4. The molecular formula is C13H20N2O. The third kappa shape index (κ3) is 2.21. The molecule has 2 aliphatic carbocycles. The second kappa shape index (κ2) is 4.45. The van der Waals surface area contributed by atoms with Crippen molar-refractivity contribution in [1.29, 1.82) is 5.26 Å². The lowest BCUT2D eigenvalue weighted by molar-refractivity contribution is -0.129. The molecule has 3 heteroatoms. The minimum atomic E-state index is -0.723. The molecular weight excluding hydrogens is 200 g/mol. The van der Waals surface area contributed by atoms with E-state index >= 15 is 0 Å². The summed E-state index contributed by atoms with van der Waals surface area (Å²) >= 11 is 0. The van der Waals surface area contributed by atoms with E-state index in [0.29, 0.717) is 12.0 Å². The number of hydrogen-bond acceptors (Lipinski definition) is 2. The quantitative estimate of drug-likeness (QED) is 0.726. The Labute approximate surface area is 97.2 Å². The van der Waals surface area contributed by atoms with E-state index in [4.69, 9.17) is 0 Å². The Hall–Kier alpha value is -1.04. The van der Waals surface area contributed by atoms with Crippen molar-refractivity contribution in [2.24, 2.45) is 11.3 Å². The molecule has 0 bridgehead atoms. The maximum atomic E-state index is 12.2. The van der Waals surface area contributed by atoms with Crippen LogP contribution in [0.15, 0.2) is 0 Å². The van der Waals surface area contributed by atoms with E-state index < -0.39 is 5.41 Å². The highest BCUT2D eigenvalue weighted by Crippen LogP contribution is 2.37. The Balaban J connectivity index is 2.01. The van der Waals surface area contributed by atoms with Gasteiger partial charge < -0.3 is 5.32 Å². The molecule has 0 spiro atoms. The maximum absolute atomic E-state index is 12.2. The van der Waals surface area contributed by atoms with Crippen LogP contribution in [-0.2, 0) is 4.79 Å². The van der Waals surface area contributed by atoms with Crippen LogP contribution in [0.4, 0.5) is 0 Å². The van der Waals surface area contributed by atoms with E-state index in [-0.39, 0.29) is 5.91 Å². The normalized spacial score (nSPS) is 32.2. The van der Waals surface area contributed by atoms with Gasteiger partial charge in [-0.2, -0.15) is 5.26 Å². The predicted molar refractivity (Wildman–Crippen MR) is 61.5 cm³/mol. The summed E-state index contributed by atoms with van der Waals surface area (Å²) in [5.41, 5.74) is -0.723. The van der Waals surface area contributed by atoms with E-state index in [0.717, 1.165) is 44.9 Å². The van der Waals surface area contributed by atoms with Gasteiger partial charge in [0, 0.05) is 6.04 Å². The van der Waals surface area contributed by atoms with Crippen molar-refractivity contribution >= 4 is 5.91 Å². The number of nitrogens with one attached hydrogen (secondary N) is 1. The molecule has 1 amide bonds. The molecule has 2 saturated carbocycles. The average molecular weight is 220 g/mol. The van der Waals surface area contributed by atoms with Gasteiger partial charge in [-0.25, -0.2) is 0 Å².